The lowest BCUT2D eigenvalue weighted by Crippen LogP contribution is -2.25. The van der Waals surface area contributed by atoms with E-state index in [9.17, 15) is 52.7 Å². The van der Waals surface area contributed by atoms with Crippen molar-refractivity contribution < 1.29 is 57.8 Å². The largest absolute Gasteiger partial charge is 0.507 e. The van der Waals surface area contributed by atoms with Crippen molar-refractivity contribution in [1.29, 1.82) is 0 Å². The van der Waals surface area contributed by atoms with Crippen LogP contribution in [0.1, 0.15) is 22.3 Å². The third-order valence-corrected chi connectivity index (χ3v) is 2.48. The number of hydrogen-bond donors (Lipinski definition) is 1. The second kappa shape index (κ2) is 5.09. The van der Waals surface area contributed by atoms with Gasteiger partial charge >= 0.3 is 24.7 Å². The number of rotatable bonds is 0. The van der Waals surface area contributed by atoms with E-state index in [2.05, 4.69) is 0 Å². The Kier molecular flexibility index (Phi) is 4.26. The third-order valence-electron chi connectivity index (χ3n) is 2.48. The summed E-state index contributed by atoms with van der Waals surface area (Å²) in [6.07, 6.45) is -24.8. The van der Waals surface area contributed by atoms with Crippen LogP contribution in [0.5, 0.6) is 5.75 Å². The van der Waals surface area contributed by atoms with Crippen LogP contribution in [0.2, 0.25) is 0 Å². The molecule has 1 aromatic rings. The molecule has 0 amide bonds. The third kappa shape index (κ3) is 3.75. The molecule has 0 saturated carbocycles. The maximum absolute atomic E-state index is 12.6. The molecule has 0 aromatic heterocycles. The van der Waals surface area contributed by atoms with E-state index in [4.69, 9.17) is 5.11 Å². The number of aromatic hydroxyl groups is 1. The average molecular weight is 366 g/mol. The molecule has 0 atom stereocenters. The molecular formula is C10H2F12O. The Bertz CT molecular complexity index is 601. The summed E-state index contributed by atoms with van der Waals surface area (Å²) in [5.74, 6) is -2.98. The van der Waals surface area contributed by atoms with Crippen molar-refractivity contribution in [3.63, 3.8) is 0 Å². The van der Waals surface area contributed by atoms with Crippen LogP contribution >= 0.6 is 0 Å². The molecule has 23 heavy (non-hydrogen) atoms. The molecule has 0 heterocycles. The van der Waals surface area contributed by atoms with E-state index in [1.807, 2.05) is 0 Å². The molecule has 0 unspecified atom stereocenters. The molecule has 0 radical (unpaired) electrons. The van der Waals surface area contributed by atoms with Crippen LogP contribution < -0.4 is 0 Å². The van der Waals surface area contributed by atoms with Crippen LogP contribution in [0.25, 0.3) is 0 Å². The van der Waals surface area contributed by atoms with Crippen molar-refractivity contribution in [2.45, 2.75) is 24.7 Å². The first-order valence-electron chi connectivity index (χ1n) is 5.07. The van der Waals surface area contributed by atoms with Crippen LogP contribution in [-0.4, -0.2) is 5.11 Å². The summed E-state index contributed by atoms with van der Waals surface area (Å²) in [4.78, 5) is 0. The highest BCUT2D eigenvalue weighted by molar-refractivity contribution is 5.54. The molecule has 13 heteroatoms. The zero-order valence-electron chi connectivity index (χ0n) is 10.1. The lowest BCUT2D eigenvalue weighted by atomic mass is 9.94. The zero-order chi connectivity index (χ0) is 18.6. The second-order valence-corrected chi connectivity index (χ2v) is 4.06. The summed E-state index contributed by atoms with van der Waals surface area (Å²) in [5.41, 5.74) is -13.0. The SMILES string of the molecule is Oc1c(C(F)(F)F)cc(C(F)(F)F)c(C(F)(F)F)c1C(F)(F)F. The normalized spacial score (nSPS) is 14.3. The first-order chi connectivity index (χ1) is 9.88. The molecule has 0 aliphatic rings. The Morgan fingerprint density at radius 2 is 0.870 bits per heavy atom. The number of halogens is 12. The summed E-state index contributed by atoms with van der Waals surface area (Å²) >= 11 is 0. The van der Waals surface area contributed by atoms with Gasteiger partial charge in [-0.05, 0) is 6.07 Å². The quantitative estimate of drug-likeness (QED) is 0.604. The predicted molar refractivity (Wildman–Crippen MR) is 48.1 cm³/mol. The summed E-state index contributed by atoms with van der Waals surface area (Å²) in [7, 11) is 0. The molecule has 1 N–H and O–H groups in total. The molecule has 1 rings (SSSR count). The van der Waals surface area contributed by atoms with Crippen molar-refractivity contribution in [3.8, 4) is 5.75 Å². The predicted octanol–water partition coefficient (Wildman–Crippen LogP) is 5.47. The molecule has 0 aliphatic heterocycles. The van der Waals surface area contributed by atoms with Gasteiger partial charge in [-0.25, -0.2) is 0 Å². The van der Waals surface area contributed by atoms with Crippen molar-refractivity contribution in [1.82, 2.24) is 0 Å². The zero-order valence-corrected chi connectivity index (χ0v) is 10.1. The van der Waals surface area contributed by atoms with Crippen molar-refractivity contribution >= 4 is 0 Å². The fraction of sp³-hybridized carbons (Fsp3) is 0.400. The molecule has 0 fully saturated rings. The van der Waals surface area contributed by atoms with E-state index in [0.29, 0.717) is 0 Å². The van der Waals surface area contributed by atoms with Gasteiger partial charge in [0.25, 0.3) is 0 Å². The van der Waals surface area contributed by atoms with Crippen molar-refractivity contribution in [3.05, 3.63) is 28.3 Å². The first kappa shape index (κ1) is 19.2. The minimum Gasteiger partial charge on any atom is -0.507 e. The Labute approximate surface area is 118 Å². The molecule has 0 bridgehead atoms. The van der Waals surface area contributed by atoms with Gasteiger partial charge in [0.05, 0.1) is 16.7 Å². The summed E-state index contributed by atoms with van der Waals surface area (Å²) < 4.78 is 150. The number of phenolic OH excluding ortho intramolecular Hbond substituents is 1. The summed E-state index contributed by atoms with van der Waals surface area (Å²) in [6, 6.07) is -1.21. The van der Waals surface area contributed by atoms with Gasteiger partial charge in [0.15, 0.2) is 0 Å². The van der Waals surface area contributed by atoms with E-state index in [1.165, 1.54) is 0 Å². The van der Waals surface area contributed by atoms with E-state index >= 15 is 0 Å². The Hall–Kier alpha value is -1.82. The Morgan fingerprint density at radius 1 is 0.522 bits per heavy atom. The smallest absolute Gasteiger partial charge is 0.420 e. The second-order valence-electron chi connectivity index (χ2n) is 4.06. The molecule has 0 saturated heterocycles. The van der Waals surface area contributed by atoms with Gasteiger partial charge in [-0.15, -0.1) is 0 Å². The lowest BCUT2D eigenvalue weighted by molar-refractivity contribution is -0.177. The number of alkyl halides is 12. The minimum atomic E-state index is -6.32. The fourth-order valence-corrected chi connectivity index (χ4v) is 1.68. The van der Waals surface area contributed by atoms with Crippen molar-refractivity contribution in [2.24, 2.45) is 0 Å². The van der Waals surface area contributed by atoms with Crippen molar-refractivity contribution in [2.75, 3.05) is 0 Å². The summed E-state index contributed by atoms with van der Waals surface area (Å²) in [5, 5.41) is 8.89. The highest BCUT2D eigenvalue weighted by Gasteiger charge is 2.54. The van der Waals surface area contributed by atoms with Gasteiger partial charge in [-0.3, -0.25) is 0 Å². The molecule has 132 valence electrons. The van der Waals surface area contributed by atoms with Crippen LogP contribution in [0.15, 0.2) is 6.07 Å². The Morgan fingerprint density at radius 3 is 1.13 bits per heavy atom. The number of benzene rings is 1. The standard InChI is InChI=1S/C10H2F12O/c11-7(12,13)2-1-3(8(14,15)16)6(23)5(10(20,21)22)4(2)9(17,18)19/h1,23H. The maximum atomic E-state index is 12.6. The minimum absolute atomic E-state index is 1.21. The molecular weight excluding hydrogens is 364 g/mol. The van der Waals surface area contributed by atoms with Gasteiger partial charge < -0.3 is 5.11 Å². The highest BCUT2D eigenvalue weighted by Crippen LogP contribution is 2.53. The topological polar surface area (TPSA) is 20.2 Å². The van der Waals surface area contributed by atoms with Crippen LogP contribution in [0.3, 0.4) is 0 Å². The highest BCUT2D eigenvalue weighted by atomic mass is 19.4. The molecule has 1 aromatic carbocycles. The van der Waals surface area contributed by atoms with Crippen LogP contribution in [0.4, 0.5) is 52.7 Å². The van der Waals surface area contributed by atoms with E-state index < -0.39 is 58.8 Å². The maximum Gasteiger partial charge on any atom is 0.420 e. The average Bonchev–Trinajstić information content (AvgIpc) is 2.21. The Balaban J connectivity index is 4.13. The van der Waals surface area contributed by atoms with Gasteiger partial charge in [-0.2, -0.15) is 52.7 Å². The van der Waals surface area contributed by atoms with E-state index in [-0.39, 0.29) is 0 Å². The molecule has 0 aliphatic carbocycles. The fourth-order valence-electron chi connectivity index (χ4n) is 1.68. The number of hydrogen-bond acceptors (Lipinski definition) is 1. The molecule has 1 nitrogen and oxygen atoms in total. The van der Waals surface area contributed by atoms with Gasteiger partial charge in [-0.1, -0.05) is 0 Å². The van der Waals surface area contributed by atoms with E-state index in [1.54, 1.807) is 0 Å². The van der Waals surface area contributed by atoms with Gasteiger partial charge in [0.2, 0.25) is 0 Å². The van der Waals surface area contributed by atoms with Gasteiger partial charge in [0, 0.05) is 0 Å². The van der Waals surface area contributed by atoms with Gasteiger partial charge in [0.1, 0.15) is 11.3 Å². The monoisotopic (exact) mass is 366 g/mol. The summed E-state index contributed by atoms with van der Waals surface area (Å²) in [6.45, 7) is 0. The van der Waals surface area contributed by atoms with Crippen LogP contribution in [-0.2, 0) is 24.7 Å². The molecule has 0 spiro atoms. The van der Waals surface area contributed by atoms with E-state index in [0.717, 1.165) is 0 Å². The number of phenols is 1. The lowest BCUT2D eigenvalue weighted by Gasteiger charge is -2.24. The van der Waals surface area contributed by atoms with Crippen LogP contribution in [0, 0.1) is 0 Å². The first-order valence-corrected chi connectivity index (χ1v) is 5.07.